The molecule has 0 fully saturated rings. The van der Waals surface area contributed by atoms with E-state index in [4.69, 9.17) is 9.47 Å². The first-order valence-corrected chi connectivity index (χ1v) is 6.65. The van der Waals surface area contributed by atoms with E-state index in [0.29, 0.717) is 23.8 Å². The second-order valence-electron chi connectivity index (χ2n) is 4.93. The lowest BCUT2D eigenvalue weighted by Gasteiger charge is -2.09. The van der Waals surface area contributed by atoms with Gasteiger partial charge < -0.3 is 9.47 Å². The Morgan fingerprint density at radius 2 is 1.60 bits per heavy atom. The second kappa shape index (κ2) is 6.75. The number of esters is 1. The molecule has 0 radical (unpaired) electrons. The van der Waals surface area contributed by atoms with Gasteiger partial charge in [-0.15, -0.1) is 0 Å². The highest BCUT2D eigenvalue weighted by molar-refractivity contribution is 5.91. The van der Waals surface area contributed by atoms with Crippen LogP contribution in [-0.4, -0.2) is 12.6 Å². The summed E-state index contributed by atoms with van der Waals surface area (Å²) in [6.07, 6.45) is 0. The number of carbonyl (C=O) groups excluding carboxylic acids is 1. The van der Waals surface area contributed by atoms with Gasteiger partial charge in [0.2, 0.25) is 0 Å². The van der Waals surface area contributed by atoms with Gasteiger partial charge in [0.05, 0.1) is 12.2 Å². The maximum atomic E-state index is 11.9. The first-order chi connectivity index (χ1) is 9.65. The summed E-state index contributed by atoms with van der Waals surface area (Å²) in [6, 6.07) is 16.0. The molecule has 2 aromatic rings. The third-order valence-corrected chi connectivity index (χ3v) is 2.63. The maximum Gasteiger partial charge on any atom is 0.343 e. The van der Waals surface area contributed by atoms with Crippen molar-refractivity contribution in [2.75, 3.05) is 6.61 Å². The number of benzene rings is 2. The molecule has 104 valence electrons. The number of ether oxygens (including phenoxy) is 2. The molecule has 2 aromatic carbocycles. The van der Waals surface area contributed by atoms with Gasteiger partial charge in [0.1, 0.15) is 11.5 Å². The molecule has 0 saturated heterocycles. The summed E-state index contributed by atoms with van der Waals surface area (Å²) in [5, 5.41) is 0. The van der Waals surface area contributed by atoms with Gasteiger partial charge in [-0.3, -0.25) is 0 Å². The molecule has 0 heterocycles. The molecule has 0 aromatic heterocycles. The highest BCUT2D eigenvalue weighted by atomic mass is 16.5. The van der Waals surface area contributed by atoms with E-state index in [0.717, 1.165) is 5.75 Å². The van der Waals surface area contributed by atoms with Gasteiger partial charge in [0, 0.05) is 0 Å². The van der Waals surface area contributed by atoms with E-state index >= 15 is 0 Å². The predicted molar refractivity (Wildman–Crippen MR) is 78.2 cm³/mol. The van der Waals surface area contributed by atoms with E-state index in [1.807, 2.05) is 18.2 Å². The van der Waals surface area contributed by atoms with Crippen LogP contribution in [0.1, 0.15) is 24.2 Å². The number of rotatable bonds is 5. The second-order valence-corrected chi connectivity index (χ2v) is 4.93. The van der Waals surface area contributed by atoms with Crippen molar-refractivity contribution >= 4 is 5.97 Å². The summed E-state index contributed by atoms with van der Waals surface area (Å²) < 4.78 is 10.8. The number of carbonyl (C=O) groups is 1. The third kappa shape index (κ3) is 4.12. The van der Waals surface area contributed by atoms with E-state index in [1.54, 1.807) is 36.4 Å². The van der Waals surface area contributed by atoms with E-state index in [1.165, 1.54) is 0 Å². The molecule has 3 heteroatoms. The zero-order valence-corrected chi connectivity index (χ0v) is 11.7. The molecule has 0 aliphatic carbocycles. The Hall–Kier alpha value is -2.29. The summed E-state index contributed by atoms with van der Waals surface area (Å²) in [6.45, 7) is 4.84. The fourth-order valence-electron chi connectivity index (χ4n) is 1.60. The lowest BCUT2D eigenvalue weighted by molar-refractivity contribution is 0.0734. The highest BCUT2D eigenvalue weighted by Crippen LogP contribution is 2.16. The molecule has 20 heavy (non-hydrogen) atoms. The summed E-state index contributed by atoms with van der Waals surface area (Å²) in [4.78, 5) is 11.9. The molecule has 0 unspecified atom stereocenters. The van der Waals surface area contributed by atoms with Gasteiger partial charge in [-0.2, -0.15) is 0 Å². The molecule has 0 spiro atoms. The van der Waals surface area contributed by atoms with E-state index in [2.05, 4.69) is 13.8 Å². The van der Waals surface area contributed by atoms with Gasteiger partial charge >= 0.3 is 5.97 Å². The van der Waals surface area contributed by atoms with Crippen LogP contribution < -0.4 is 9.47 Å². The number of hydrogen-bond donors (Lipinski definition) is 0. The molecule has 0 aliphatic heterocycles. The van der Waals surface area contributed by atoms with Gasteiger partial charge in [-0.05, 0) is 42.3 Å². The molecule has 0 atom stereocenters. The summed E-state index contributed by atoms with van der Waals surface area (Å²) in [5.74, 6) is 1.40. The Balaban J connectivity index is 1.97. The molecule has 0 aliphatic rings. The van der Waals surface area contributed by atoms with Crippen LogP contribution >= 0.6 is 0 Å². The van der Waals surface area contributed by atoms with Gasteiger partial charge in [0.25, 0.3) is 0 Å². The molecule has 0 amide bonds. The minimum atomic E-state index is -0.369. The zero-order valence-electron chi connectivity index (χ0n) is 11.7. The SMILES string of the molecule is CC(C)COc1ccc(C(=O)Oc2ccccc2)cc1. The van der Waals surface area contributed by atoms with Crippen LogP contribution in [0, 0.1) is 5.92 Å². The standard InChI is InChI=1S/C17H18O3/c1-13(2)12-19-15-10-8-14(9-11-15)17(18)20-16-6-4-3-5-7-16/h3-11,13H,12H2,1-2H3. The monoisotopic (exact) mass is 270 g/mol. The Labute approximate surface area is 119 Å². The fraction of sp³-hybridized carbons (Fsp3) is 0.235. The Bertz CT molecular complexity index is 544. The van der Waals surface area contributed by atoms with Crippen molar-refractivity contribution in [3.63, 3.8) is 0 Å². The predicted octanol–water partition coefficient (Wildman–Crippen LogP) is 3.94. The molecule has 0 bridgehead atoms. The average Bonchev–Trinajstić information content (AvgIpc) is 2.46. The van der Waals surface area contributed by atoms with Crippen LogP contribution in [0.4, 0.5) is 0 Å². The Morgan fingerprint density at radius 1 is 0.950 bits per heavy atom. The Kier molecular flexibility index (Phi) is 4.77. The minimum Gasteiger partial charge on any atom is -0.493 e. The first-order valence-electron chi connectivity index (χ1n) is 6.65. The zero-order chi connectivity index (χ0) is 14.4. The molecule has 2 rings (SSSR count). The van der Waals surface area contributed by atoms with Crippen molar-refractivity contribution in [1.82, 2.24) is 0 Å². The van der Waals surface area contributed by atoms with Crippen molar-refractivity contribution in [1.29, 1.82) is 0 Å². The van der Waals surface area contributed by atoms with Crippen LogP contribution in [0.5, 0.6) is 11.5 Å². The highest BCUT2D eigenvalue weighted by Gasteiger charge is 2.08. The third-order valence-electron chi connectivity index (χ3n) is 2.63. The van der Waals surface area contributed by atoms with E-state index < -0.39 is 0 Å². The summed E-state index contributed by atoms with van der Waals surface area (Å²) >= 11 is 0. The van der Waals surface area contributed by atoms with Crippen molar-refractivity contribution in [3.8, 4) is 11.5 Å². The van der Waals surface area contributed by atoms with Gasteiger partial charge in [-0.1, -0.05) is 32.0 Å². The fourth-order valence-corrected chi connectivity index (χ4v) is 1.60. The molecule has 0 N–H and O–H groups in total. The Morgan fingerprint density at radius 3 is 2.20 bits per heavy atom. The topological polar surface area (TPSA) is 35.5 Å². The summed E-state index contributed by atoms with van der Waals surface area (Å²) in [5.41, 5.74) is 0.505. The van der Waals surface area contributed by atoms with Crippen molar-refractivity contribution < 1.29 is 14.3 Å². The minimum absolute atomic E-state index is 0.369. The normalized spacial score (nSPS) is 10.3. The lowest BCUT2D eigenvalue weighted by Crippen LogP contribution is -2.08. The van der Waals surface area contributed by atoms with Crippen molar-refractivity contribution in [2.24, 2.45) is 5.92 Å². The van der Waals surface area contributed by atoms with Crippen LogP contribution in [0.3, 0.4) is 0 Å². The summed E-state index contributed by atoms with van der Waals surface area (Å²) in [7, 11) is 0. The van der Waals surface area contributed by atoms with Crippen LogP contribution in [0.25, 0.3) is 0 Å². The largest absolute Gasteiger partial charge is 0.493 e. The van der Waals surface area contributed by atoms with Crippen LogP contribution in [0.15, 0.2) is 54.6 Å². The number of para-hydroxylation sites is 1. The van der Waals surface area contributed by atoms with E-state index in [9.17, 15) is 4.79 Å². The molecule has 3 nitrogen and oxygen atoms in total. The van der Waals surface area contributed by atoms with Gasteiger partial charge in [-0.25, -0.2) is 4.79 Å². The maximum absolute atomic E-state index is 11.9. The van der Waals surface area contributed by atoms with Crippen molar-refractivity contribution in [2.45, 2.75) is 13.8 Å². The van der Waals surface area contributed by atoms with Gasteiger partial charge in [0.15, 0.2) is 0 Å². The average molecular weight is 270 g/mol. The molecule has 0 saturated carbocycles. The van der Waals surface area contributed by atoms with Crippen LogP contribution in [-0.2, 0) is 0 Å². The number of hydrogen-bond acceptors (Lipinski definition) is 3. The smallest absolute Gasteiger partial charge is 0.343 e. The molecular formula is C17H18O3. The van der Waals surface area contributed by atoms with Crippen molar-refractivity contribution in [3.05, 3.63) is 60.2 Å². The first kappa shape index (κ1) is 14.1. The lowest BCUT2D eigenvalue weighted by atomic mass is 10.2. The van der Waals surface area contributed by atoms with Crippen LogP contribution in [0.2, 0.25) is 0 Å². The van der Waals surface area contributed by atoms with E-state index in [-0.39, 0.29) is 5.97 Å². The molecular weight excluding hydrogens is 252 g/mol. The quantitative estimate of drug-likeness (QED) is 0.609.